The molecule has 0 bridgehead atoms. The number of rotatable bonds is 7. The molecule has 0 heterocycles. The Morgan fingerprint density at radius 3 is 2.65 bits per heavy atom. The van der Waals surface area contributed by atoms with E-state index >= 15 is 0 Å². The average Bonchev–Trinajstić information content (AvgIpc) is 2.48. The third-order valence-electron chi connectivity index (χ3n) is 3.21. The molecule has 0 atom stereocenters. The number of carbonyl (C=O) groups excluding carboxylic acids is 1. The molecule has 0 saturated heterocycles. The van der Waals surface area contributed by atoms with Crippen LogP contribution >= 0.6 is 0 Å². The molecule has 110 valence electrons. The number of aliphatic hydroxyl groups excluding tert-OH is 1. The van der Waals surface area contributed by atoms with Gasteiger partial charge in [-0.15, -0.1) is 0 Å². The van der Waals surface area contributed by atoms with Gasteiger partial charge in [-0.05, 0) is 19.4 Å². The molecule has 0 unspecified atom stereocenters. The van der Waals surface area contributed by atoms with E-state index in [1.165, 1.54) is 0 Å². The number of para-hydroxylation sites is 1. The Morgan fingerprint density at radius 1 is 1.40 bits per heavy atom. The van der Waals surface area contributed by atoms with Crippen molar-refractivity contribution in [3.05, 3.63) is 41.5 Å². The number of benzene rings is 1. The number of hydrogen-bond donors (Lipinski definition) is 1. The van der Waals surface area contributed by atoms with Gasteiger partial charge < -0.3 is 14.7 Å². The van der Waals surface area contributed by atoms with E-state index in [0.717, 1.165) is 16.9 Å². The van der Waals surface area contributed by atoms with Crippen molar-refractivity contribution in [3.63, 3.8) is 0 Å². The molecule has 1 N–H and O–H groups in total. The minimum absolute atomic E-state index is 0.0324. The lowest BCUT2D eigenvalue weighted by molar-refractivity contribution is -0.128. The van der Waals surface area contributed by atoms with Crippen molar-refractivity contribution in [2.45, 2.75) is 26.8 Å². The standard InChI is InChI=1S/C16H23NO3/c1-4-13(5-2)16(19)17(10-11-18)12-14-8-6-7-9-15(14)20-3/h4,6-9,18H,5,10-12H2,1-3H3. The highest BCUT2D eigenvalue weighted by Crippen LogP contribution is 2.20. The summed E-state index contributed by atoms with van der Waals surface area (Å²) in [4.78, 5) is 14.1. The monoisotopic (exact) mass is 277 g/mol. The molecule has 1 amide bonds. The SMILES string of the molecule is CC=C(CC)C(=O)N(CCO)Cc1ccccc1OC. The summed E-state index contributed by atoms with van der Waals surface area (Å²) in [5.41, 5.74) is 1.69. The second-order valence-electron chi connectivity index (χ2n) is 4.43. The molecule has 0 aliphatic carbocycles. The number of aliphatic hydroxyl groups is 1. The Balaban J connectivity index is 2.95. The van der Waals surface area contributed by atoms with Crippen molar-refractivity contribution in [1.82, 2.24) is 4.90 Å². The van der Waals surface area contributed by atoms with E-state index in [1.807, 2.05) is 44.2 Å². The van der Waals surface area contributed by atoms with E-state index in [-0.39, 0.29) is 12.5 Å². The van der Waals surface area contributed by atoms with Crippen LogP contribution in [0, 0.1) is 0 Å². The normalized spacial score (nSPS) is 11.3. The van der Waals surface area contributed by atoms with Gasteiger partial charge in [0.05, 0.1) is 13.7 Å². The van der Waals surface area contributed by atoms with Crippen LogP contribution in [0.4, 0.5) is 0 Å². The van der Waals surface area contributed by atoms with Crippen molar-refractivity contribution in [2.75, 3.05) is 20.3 Å². The van der Waals surface area contributed by atoms with Gasteiger partial charge in [0.15, 0.2) is 0 Å². The zero-order chi connectivity index (χ0) is 15.0. The fraction of sp³-hybridized carbons (Fsp3) is 0.438. The minimum Gasteiger partial charge on any atom is -0.496 e. The van der Waals surface area contributed by atoms with Crippen LogP contribution in [0.5, 0.6) is 5.75 Å². The average molecular weight is 277 g/mol. The van der Waals surface area contributed by atoms with E-state index in [1.54, 1.807) is 12.0 Å². The van der Waals surface area contributed by atoms with Gasteiger partial charge in [-0.1, -0.05) is 31.2 Å². The summed E-state index contributed by atoms with van der Waals surface area (Å²) in [7, 11) is 1.61. The van der Waals surface area contributed by atoms with Gasteiger partial charge in [0.1, 0.15) is 5.75 Å². The number of ether oxygens (including phenoxy) is 1. The molecule has 1 aromatic carbocycles. The molecule has 0 aliphatic heterocycles. The second kappa shape index (κ2) is 8.38. The predicted molar refractivity (Wildman–Crippen MR) is 79.5 cm³/mol. The Kier molecular flexibility index (Phi) is 6.81. The number of carbonyl (C=O) groups is 1. The van der Waals surface area contributed by atoms with E-state index in [9.17, 15) is 9.90 Å². The van der Waals surface area contributed by atoms with E-state index in [4.69, 9.17) is 4.74 Å². The Labute approximate surface area is 120 Å². The molecular weight excluding hydrogens is 254 g/mol. The fourth-order valence-corrected chi connectivity index (χ4v) is 2.09. The topological polar surface area (TPSA) is 49.8 Å². The summed E-state index contributed by atoms with van der Waals surface area (Å²) < 4.78 is 5.30. The van der Waals surface area contributed by atoms with Crippen molar-refractivity contribution in [2.24, 2.45) is 0 Å². The minimum atomic E-state index is -0.0540. The molecule has 1 rings (SSSR count). The van der Waals surface area contributed by atoms with Gasteiger partial charge in [0.2, 0.25) is 5.91 Å². The number of amides is 1. The molecule has 0 fully saturated rings. The number of nitrogens with zero attached hydrogens (tertiary/aromatic N) is 1. The smallest absolute Gasteiger partial charge is 0.249 e. The molecule has 0 saturated carbocycles. The van der Waals surface area contributed by atoms with E-state index in [0.29, 0.717) is 19.5 Å². The molecule has 0 spiro atoms. The molecule has 0 radical (unpaired) electrons. The summed E-state index contributed by atoms with van der Waals surface area (Å²) in [6.45, 7) is 4.50. The van der Waals surface area contributed by atoms with Gasteiger partial charge in [-0.2, -0.15) is 0 Å². The second-order valence-corrected chi connectivity index (χ2v) is 4.43. The zero-order valence-corrected chi connectivity index (χ0v) is 12.4. The molecule has 20 heavy (non-hydrogen) atoms. The predicted octanol–water partition coefficient (Wildman–Crippen LogP) is 2.37. The third-order valence-corrected chi connectivity index (χ3v) is 3.21. The summed E-state index contributed by atoms with van der Waals surface area (Å²) in [6, 6.07) is 7.60. The molecule has 4 heteroatoms. The van der Waals surface area contributed by atoms with Crippen molar-refractivity contribution in [3.8, 4) is 5.75 Å². The highest BCUT2D eigenvalue weighted by atomic mass is 16.5. The summed E-state index contributed by atoms with van der Waals surface area (Å²) in [5, 5.41) is 9.17. The van der Waals surface area contributed by atoms with Crippen LogP contribution in [0.15, 0.2) is 35.9 Å². The molecule has 0 aromatic heterocycles. The number of hydrogen-bond acceptors (Lipinski definition) is 3. The van der Waals surface area contributed by atoms with Crippen molar-refractivity contribution in [1.29, 1.82) is 0 Å². The third kappa shape index (κ3) is 4.10. The van der Waals surface area contributed by atoms with Crippen LogP contribution in [-0.2, 0) is 11.3 Å². The summed E-state index contributed by atoms with van der Waals surface area (Å²) in [5.74, 6) is 0.719. The molecular formula is C16H23NO3. The van der Waals surface area contributed by atoms with Crippen LogP contribution in [0.1, 0.15) is 25.8 Å². The first-order valence-electron chi connectivity index (χ1n) is 6.85. The lowest BCUT2D eigenvalue weighted by Gasteiger charge is -2.24. The highest BCUT2D eigenvalue weighted by Gasteiger charge is 2.17. The van der Waals surface area contributed by atoms with Gasteiger partial charge in [-0.3, -0.25) is 4.79 Å². The van der Waals surface area contributed by atoms with Gasteiger partial charge in [0.25, 0.3) is 0 Å². The fourth-order valence-electron chi connectivity index (χ4n) is 2.09. The Bertz CT molecular complexity index is 469. The molecule has 0 aliphatic rings. The Hall–Kier alpha value is -1.81. The summed E-state index contributed by atoms with van der Waals surface area (Å²) in [6.07, 6.45) is 2.51. The highest BCUT2D eigenvalue weighted by molar-refractivity contribution is 5.93. The molecule has 4 nitrogen and oxygen atoms in total. The van der Waals surface area contributed by atoms with Crippen LogP contribution in [0.25, 0.3) is 0 Å². The van der Waals surface area contributed by atoms with E-state index < -0.39 is 0 Å². The number of methoxy groups -OCH3 is 1. The maximum absolute atomic E-state index is 12.4. The van der Waals surface area contributed by atoms with Crippen LogP contribution in [0.2, 0.25) is 0 Å². The molecule has 1 aromatic rings. The van der Waals surface area contributed by atoms with Crippen molar-refractivity contribution >= 4 is 5.91 Å². The summed E-state index contributed by atoms with van der Waals surface area (Å²) >= 11 is 0. The lowest BCUT2D eigenvalue weighted by Crippen LogP contribution is -2.34. The van der Waals surface area contributed by atoms with E-state index in [2.05, 4.69) is 0 Å². The maximum atomic E-state index is 12.4. The van der Waals surface area contributed by atoms with Crippen LogP contribution in [0.3, 0.4) is 0 Å². The number of allylic oxidation sites excluding steroid dienone is 1. The largest absolute Gasteiger partial charge is 0.496 e. The maximum Gasteiger partial charge on any atom is 0.249 e. The zero-order valence-electron chi connectivity index (χ0n) is 12.4. The first-order valence-corrected chi connectivity index (χ1v) is 6.85. The first kappa shape index (κ1) is 16.2. The van der Waals surface area contributed by atoms with Crippen LogP contribution in [-0.4, -0.2) is 36.2 Å². The lowest BCUT2D eigenvalue weighted by atomic mass is 10.1. The van der Waals surface area contributed by atoms with Gasteiger partial charge in [-0.25, -0.2) is 0 Å². The van der Waals surface area contributed by atoms with Gasteiger partial charge >= 0.3 is 0 Å². The first-order chi connectivity index (χ1) is 9.67. The van der Waals surface area contributed by atoms with Crippen LogP contribution < -0.4 is 4.74 Å². The van der Waals surface area contributed by atoms with Gasteiger partial charge in [0, 0.05) is 24.2 Å². The quantitative estimate of drug-likeness (QED) is 0.778. The Morgan fingerprint density at radius 2 is 2.10 bits per heavy atom. The van der Waals surface area contributed by atoms with Crippen molar-refractivity contribution < 1.29 is 14.6 Å².